The van der Waals surface area contributed by atoms with Crippen molar-refractivity contribution in [2.45, 2.75) is 39.2 Å². The molecule has 3 N–H and O–H groups in total. The SMILES string of the molecule is Cc1c(OCCC2CCCN2)ccc(-c2cccc(N)n2)c1C. The van der Waals surface area contributed by atoms with Crippen LogP contribution >= 0.6 is 0 Å². The number of nitrogens with two attached hydrogens (primary N) is 1. The van der Waals surface area contributed by atoms with Gasteiger partial charge in [-0.25, -0.2) is 4.98 Å². The van der Waals surface area contributed by atoms with Crippen molar-refractivity contribution in [3.63, 3.8) is 0 Å². The van der Waals surface area contributed by atoms with Crippen LogP contribution in [0.25, 0.3) is 11.3 Å². The van der Waals surface area contributed by atoms with Crippen molar-refractivity contribution >= 4 is 5.82 Å². The number of hydrogen-bond donors (Lipinski definition) is 2. The quantitative estimate of drug-likeness (QED) is 0.887. The third-order valence-corrected chi connectivity index (χ3v) is 4.67. The Kier molecular flexibility index (Phi) is 4.82. The fraction of sp³-hybridized carbons (Fsp3) is 0.421. The fourth-order valence-corrected chi connectivity index (χ4v) is 3.15. The Hall–Kier alpha value is -2.07. The Bertz CT molecular complexity index is 678. The van der Waals surface area contributed by atoms with Crippen LogP contribution in [-0.2, 0) is 0 Å². The summed E-state index contributed by atoms with van der Waals surface area (Å²) in [4.78, 5) is 4.42. The van der Waals surface area contributed by atoms with Crippen LogP contribution in [-0.4, -0.2) is 24.2 Å². The summed E-state index contributed by atoms with van der Waals surface area (Å²) in [5.41, 5.74) is 10.2. The van der Waals surface area contributed by atoms with Crippen molar-refractivity contribution in [2.75, 3.05) is 18.9 Å². The Morgan fingerprint density at radius 3 is 2.83 bits per heavy atom. The number of rotatable bonds is 5. The van der Waals surface area contributed by atoms with Gasteiger partial charge >= 0.3 is 0 Å². The van der Waals surface area contributed by atoms with E-state index in [4.69, 9.17) is 10.5 Å². The summed E-state index contributed by atoms with van der Waals surface area (Å²) in [5.74, 6) is 1.51. The highest BCUT2D eigenvalue weighted by atomic mass is 16.5. The minimum atomic E-state index is 0.545. The first kappa shape index (κ1) is 15.8. The van der Waals surface area contributed by atoms with Gasteiger partial charge in [-0.3, -0.25) is 0 Å². The standard InChI is InChI=1S/C19H25N3O/c1-13-14(2)18(23-12-10-15-5-4-11-21-15)9-8-16(13)17-6-3-7-19(20)22-17/h3,6-9,15,21H,4-5,10-12H2,1-2H3,(H2,20,22). The molecule has 1 aromatic carbocycles. The van der Waals surface area contributed by atoms with Crippen LogP contribution in [0.3, 0.4) is 0 Å². The Labute approximate surface area is 138 Å². The topological polar surface area (TPSA) is 60.2 Å². The lowest BCUT2D eigenvalue weighted by Crippen LogP contribution is -2.23. The van der Waals surface area contributed by atoms with Crippen molar-refractivity contribution in [2.24, 2.45) is 0 Å². The molecule has 2 heterocycles. The zero-order chi connectivity index (χ0) is 16.2. The number of hydrogen-bond acceptors (Lipinski definition) is 4. The summed E-state index contributed by atoms with van der Waals surface area (Å²) in [6.07, 6.45) is 3.61. The summed E-state index contributed by atoms with van der Waals surface area (Å²) in [5, 5.41) is 3.50. The largest absolute Gasteiger partial charge is 0.493 e. The third kappa shape index (κ3) is 3.64. The van der Waals surface area contributed by atoms with Gasteiger partial charge in [-0.05, 0) is 75.0 Å². The Morgan fingerprint density at radius 2 is 2.09 bits per heavy atom. The van der Waals surface area contributed by atoms with E-state index in [2.05, 4.69) is 30.2 Å². The van der Waals surface area contributed by atoms with Gasteiger partial charge < -0.3 is 15.8 Å². The number of nitrogens with zero attached hydrogens (tertiary/aromatic N) is 1. The van der Waals surface area contributed by atoms with Crippen LogP contribution in [0.2, 0.25) is 0 Å². The molecule has 1 aromatic heterocycles. The lowest BCUT2D eigenvalue weighted by molar-refractivity contribution is 0.290. The second-order valence-electron chi connectivity index (χ2n) is 6.24. The molecule has 0 saturated carbocycles. The normalized spacial score (nSPS) is 17.4. The molecule has 0 bridgehead atoms. The zero-order valence-corrected chi connectivity index (χ0v) is 13.9. The maximum atomic E-state index is 6.01. The summed E-state index contributed by atoms with van der Waals surface area (Å²) >= 11 is 0. The van der Waals surface area contributed by atoms with Gasteiger partial charge in [-0.1, -0.05) is 6.07 Å². The predicted molar refractivity (Wildman–Crippen MR) is 94.7 cm³/mol. The summed E-state index contributed by atoms with van der Waals surface area (Å²) in [7, 11) is 0. The number of anilines is 1. The molecule has 0 amide bonds. The van der Waals surface area contributed by atoms with E-state index < -0.39 is 0 Å². The monoisotopic (exact) mass is 311 g/mol. The first-order chi connectivity index (χ1) is 11.1. The molecule has 0 spiro atoms. The minimum absolute atomic E-state index is 0.545. The van der Waals surface area contributed by atoms with Crippen LogP contribution in [0, 0.1) is 13.8 Å². The molecular weight excluding hydrogens is 286 g/mol. The van der Waals surface area contributed by atoms with E-state index in [1.54, 1.807) is 6.07 Å². The second kappa shape index (κ2) is 7.01. The van der Waals surface area contributed by atoms with E-state index >= 15 is 0 Å². The molecule has 1 saturated heterocycles. The molecule has 23 heavy (non-hydrogen) atoms. The van der Waals surface area contributed by atoms with E-state index in [1.165, 1.54) is 24.0 Å². The lowest BCUT2D eigenvalue weighted by atomic mass is 9.99. The smallest absolute Gasteiger partial charge is 0.124 e. The lowest BCUT2D eigenvalue weighted by Gasteiger charge is -2.16. The van der Waals surface area contributed by atoms with Gasteiger partial charge in [-0.15, -0.1) is 0 Å². The minimum Gasteiger partial charge on any atom is -0.493 e. The predicted octanol–water partition coefficient (Wildman–Crippen LogP) is 3.47. The number of nitrogen functional groups attached to an aromatic ring is 1. The molecule has 0 radical (unpaired) electrons. The van der Waals surface area contributed by atoms with Crippen molar-refractivity contribution in [3.05, 3.63) is 41.5 Å². The molecule has 0 aliphatic carbocycles. The average molecular weight is 311 g/mol. The molecule has 2 aromatic rings. The Morgan fingerprint density at radius 1 is 1.22 bits per heavy atom. The van der Waals surface area contributed by atoms with Gasteiger partial charge in [0.1, 0.15) is 11.6 Å². The molecule has 1 fully saturated rings. The molecule has 1 atom stereocenters. The van der Waals surface area contributed by atoms with E-state index in [1.807, 2.05) is 18.2 Å². The second-order valence-corrected chi connectivity index (χ2v) is 6.24. The zero-order valence-electron chi connectivity index (χ0n) is 13.9. The van der Waals surface area contributed by atoms with Gasteiger partial charge in [0.05, 0.1) is 12.3 Å². The maximum Gasteiger partial charge on any atom is 0.124 e. The number of benzene rings is 1. The Balaban J connectivity index is 1.72. The molecule has 1 aliphatic heterocycles. The van der Waals surface area contributed by atoms with E-state index in [-0.39, 0.29) is 0 Å². The van der Waals surface area contributed by atoms with E-state index in [0.29, 0.717) is 11.9 Å². The van der Waals surface area contributed by atoms with E-state index in [9.17, 15) is 0 Å². The van der Waals surface area contributed by atoms with Gasteiger partial charge in [0.2, 0.25) is 0 Å². The molecule has 4 heteroatoms. The van der Waals surface area contributed by atoms with Crippen LogP contribution in [0.1, 0.15) is 30.4 Å². The summed E-state index contributed by atoms with van der Waals surface area (Å²) in [6.45, 7) is 6.12. The van der Waals surface area contributed by atoms with Crippen LogP contribution in [0.15, 0.2) is 30.3 Å². The van der Waals surface area contributed by atoms with Gasteiger partial charge in [0.15, 0.2) is 0 Å². The first-order valence-electron chi connectivity index (χ1n) is 8.34. The molecule has 3 rings (SSSR count). The highest BCUT2D eigenvalue weighted by Gasteiger charge is 2.14. The average Bonchev–Trinajstić information content (AvgIpc) is 3.05. The van der Waals surface area contributed by atoms with Gasteiger partial charge in [0, 0.05) is 11.6 Å². The van der Waals surface area contributed by atoms with Gasteiger partial charge in [0.25, 0.3) is 0 Å². The first-order valence-corrected chi connectivity index (χ1v) is 8.34. The summed E-state index contributed by atoms with van der Waals surface area (Å²) in [6, 6.07) is 10.5. The molecule has 4 nitrogen and oxygen atoms in total. The van der Waals surface area contributed by atoms with Gasteiger partial charge in [-0.2, -0.15) is 0 Å². The highest BCUT2D eigenvalue weighted by Crippen LogP contribution is 2.30. The molecular formula is C19H25N3O. The molecule has 1 unspecified atom stereocenters. The van der Waals surface area contributed by atoms with Crippen molar-refractivity contribution in [3.8, 4) is 17.0 Å². The van der Waals surface area contributed by atoms with E-state index in [0.717, 1.165) is 36.6 Å². The number of aromatic nitrogens is 1. The van der Waals surface area contributed by atoms with Crippen molar-refractivity contribution in [1.29, 1.82) is 0 Å². The van der Waals surface area contributed by atoms with Crippen molar-refractivity contribution < 1.29 is 4.74 Å². The number of ether oxygens (including phenoxy) is 1. The third-order valence-electron chi connectivity index (χ3n) is 4.67. The highest BCUT2D eigenvalue weighted by molar-refractivity contribution is 5.68. The maximum absolute atomic E-state index is 6.01. The molecule has 122 valence electrons. The fourth-order valence-electron chi connectivity index (χ4n) is 3.15. The number of nitrogens with one attached hydrogen (secondary N) is 1. The summed E-state index contributed by atoms with van der Waals surface area (Å²) < 4.78 is 6.01. The molecule has 1 aliphatic rings. The van der Waals surface area contributed by atoms with Crippen LogP contribution in [0.5, 0.6) is 5.75 Å². The van der Waals surface area contributed by atoms with Crippen molar-refractivity contribution in [1.82, 2.24) is 10.3 Å². The van der Waals surface area contributed by atoms with Crippen LogP contribution in [0.4, 0.5) is 5.82 Å². The number of pyridine rings is 1. The van der Waals surface area contributed by atoms with Crippen LogP contribution < -0.4 is 15.8 Å².